The Balaban J connectivity index is 1.50. The molecule has 1 aromatic carbocycles. The Morgan fingerprint density at radius 1 is 1.35 bits per heavy atom. The van der Waals surface area contributed by atoms with E-state index in [-0.39, 0.29) is 6.10 Å². The van der Waals surface area contributed by atoms with Crippen LogP contribution < -0.4 is 15.4 Å². The highest BCUT2D eigenvalue weighted by atomic mass is 32.1. The van der Waals surface area contributed by atoms with E-state index in [0.29, 0.717) is 0 Å². The van der Waals surface area contributed by atoms with Gasteiger partial charge in [0.15, 0.2) is 0 Å². The minimum atomic E-state index is 0.187. The van der Waals surface area contributed by atoms with Crippen molar-refractivity contribution in [3.8, 4) is 5.75 Å². The molecular weight excluding hydrogens is 268 g/mol. The van der Waals surface area contributed by atoms with Gasteiger partial charge < -0.3 is 15.4 Å². The van der Waals surface area contributed by atoms with E-state index in [9.17, 15) is 0 Å². The average Bonchev–Trinajstić information content (AvgIpc) is 2.77. The third-order valence-electron chi connectivity index (χ3n) is 3.59. The van der Waals surface area contributed by atoms with Crippen molar-refractivity contribution in [2.24, 2.45) is 0 Å². The standard InChI is InChI=1S/C16H20N2OS/c1-11-7-14(20-12(11)2)10-17-8-13-9-18-15-5-3-4-6-16(15)19-13/h3-7,13,17-18H,8-10H2,1-2H3. The summed E-state index contributed by atoms with van der Waals surface area (Å²) in [6.07, 6.45) is 0.187. The number of rotatable bonds is 4. The number of ether oxygens (including phenoxy) is 1. The van der Waals surface area contributed by atoms with E-state index < -0.39 is 0 Å². The van der Waals surface area contributed by atoms with Gasteiger partial charge in [-0.3, -0.25) is 0 Å². The first-order valence-corrected chi connectivity index (χ1v) is 7.80. The Morgan fingerprint density at radius 3 is 3.00 bits per heavy atom. The smallest absolute Gasteiger partial charge is 0.142 e. The summed E-state index contributed by atoms with van der Waals surface area (Å²) in [5, 5.41) is 6.90. The van der Waals surface area contributed by atoms with Crippen LogP contribution in [-0.4, -0.2) is 19.2 Å². The van der Waals surface area contributed by atoms with E-state index >= 15 is 0 Å². The van der Waals surface area contributed by atoms with Crippen LogP contribution in [0.4, 0.5) is 5.69 Å². The van der Waals surface area contributed by atoms with Crippen LogP contribution in [-0.2, 0) is 6.54 Å². The van der Waals surface area contributed by atoms with Gasteiger partial charge in [0.1, 0.15) is 11.9 Å². The second-order valence-corrected chi connectivity index (χ2v) is 6.54. The van der Waals surface area contributed by atoms with Crippen LogP contribution in [0.25, 0.3) is 0 Å². The number of anilines is 1. The van der Waals surface area contributed by atoms with Crippen LogP contribution in [0.15, 0.2) is 30.3 Å². The van der Waals surface area contributed by atoms with Gasteiger partial charge in [0.2, 0.25) is 0 Å². The second-order valence-electron chi connectivity index (χ2n) is 5.20. The maximum atomic E-state index is 5.98. The van der Waals surface area contributed by atoms with Crippen molar-refractivity contribution in [3.63, 3.8) is 0 Å². The molecule has 0 amide bonds. The molecule has 2 aromatic rings. The van der Waals surface area contributed by atoms with Crippen LogP contribution >= 0.6 is 11.3 Å². The molecule has 106 valence electrons. The molecular formula is C16H20N2OS. The normalized spacial score (nSPS) is 17.2. The van der Waals surface area contributed by atoms with Crippen LogP contribution in [0, 0.1) is 13.8 Å². The number of hydrogen-bond donors (Lipinski definition) is 2. The third-order valence-corrected chi connectivity index (χ3v) is 4.74. The third kappa shape index (κ3) is 2.97. The Kier molecular flexibility index (Phi) is 3.94. The SMILES string of the molecule is Cc1cc(CNCC2CNc3ccccc3O2)sc1C. The number of aryl methyl sites for hydroxylation is 2. The fourth-order valence-corrected chi connectivity index (χ4v) is 3.39. The second kappa shape index (κ2) is 5.85. The van der Waals surface area contributed by atoms with Crippen LogP contribution in [0.3, 0.4) is 0 Å². The van der Waals surface area contributed by atoms with Crippen molar-refractivity contribution in [1.29, 1.82) is 0 Å². The first-order valence-electron chi connectivity index (χ1n) is 6.98. The molecule has 20 heavy (non-hydrogen) atoms. The fourth-order valence-electron chi connectivity index (χ4n) is 2.37. The van der Waals surface area contributed by atoms with Crippen molar-refractivity contribution in [2.45, 2.75) is 26.5 Å². The van der Waals surface area contributed by atoms with E-state index in [2.05, 4.69) is 36.6 Å². The Hall–Kier alpha value is -1.52. The van der Waals surface area contributed by atoms with Crippen molar-refractivity contribution >= 4 is 17.0 Å². The molecule has 1 atom stereocenters. The summed E-state index contributed by atoms with van der Waals surface area (Å²) in [7, 11) is 0. The van der Waals surface area contributed by atoms with Crippen LogP contribution in [0.5, 0.6) is 5.75 Å². The number of para-hydroxylation sites is 2. The molecule has 1 aliphatic heterocycles. The van der Waals surface area contributed by atoms with Crippen molar-refractivity contribution in [2.75, 3.05) is 18.4 Å². The maximum Gasteiger partial charge on any atom is 0.142 e. The molecule has 0 saturated carbocycles. The minimum absolute atomic E-state index is 0.187. The molecule has 4 heteroatoms. The number of benzene rings is 1. The predicted octanol–water partition coefficient (Wildman–Crippen LogP) is 3.33. The lowest BCUT2D eigenvalue weighted by atomic mass is 10.2. The van der Waals surface area contributed by atoms with Crippen LogP contribution in [0.2, 0.25) is 0 Å². The summed E-state index contributed by atoms with van der Waals surface area (Å²) in [4.78, 5) is 2.80. The van der Waals surface area contributed by atoms with Gasteiger partial charge in [-0.2, -0.15) is 0 Å². The molecule has 1 aromatic heterocycles. The largest absolute Gasteiger partial charge is 0.485 e. The van der Waals surface area contributed by atoms with Gasteiger partial charge in [-0.15, -0.1) is 11.3 Å². The number of nitrogens with one attached hydrogen (secondary N) is 2. The first kappa shape index (κ1) is 13.5. The fraction of sp³-hybridized carbons (Fsp3) is 0.375. The minimum Gasteiger partial charge on any atom is -0.485 e. The molecule has 3 nitrogen and oxygen atoms in total. The van der Waals surface area contributed by atoms with Gasteiger partial charge in [0.05, 0.1) is 12.2 Å². The van der Waals surface area contributed by atoms with Crippen molar-refractivity contribution in [1.82, 2.24) is 5.32 Å². The highest BCUT2D eigenvalue weighted by Gasteiger charge is 2.18. The van der Waals surface area contributed by atoms with E-state index in [1.165, 1.54) is 15.3 Å². The van der Waals surface area contributed by atoms with Crippen molar-refractivity contribution in [3.05, 3.63) is 45.6 Å². The zero-order valence-electron chi connectivity index (χ0n) is 11.9. The molecule has 0 spiro atoms. The van der Waals surface area contributed by atoms with Gasteiger partial charge in [-0.05, 0) is 37.6 Å². The lowest BCUT2D eigenvalue weighted by Gasteiger charge is -2.27. The maximum absolute atomic E-state index is 5.98. The molecule has 0 bridgehead atoms. The molecule has 0 fully saturated rings. The summed E-state index contributed by atoms with van der Waals surface area (Å²) in [5.74, 6) is 0.952. The molecule has 1 aliphatic rings. The molecule has 2 N–H and O–H groups in total. The van der Waals surface area contributed by atoms with E-state index in [1.54, 1.807) is 0 Å². The monoisotopic (exact) mass is 288 g/mol. The van der Waals surface area contributed by atoms with Crippen molar-refractivity contribution < 1.29 is 4.74 Å². The lowest BCUT2D eigenvalue weighted by Crippen LogP contribution is -2.39. The van der Waals surface area contributed by atoms with E-state index in [4.69, 9.17) is 4.74 Å². The van der Waals surface area contributed by atoms with E-state index in [1.807, 2.05) is 29.5 Å². The number of fused-ring (bicyclic) bond motifs is 1. The molecule has 1 unspecified atom stereocenters. The van der Waals surface area contributed by atoms with Gasteiger partial charge in [0, 0.05) is 22.8 Å². The van der Waals surface area contributed by atoms with Gasteiger partial charge in [-0.1, -0.05) is 12.1 Å². The summed E-state index contributed by atoms with van der Waals surface area (Å²) in [6.45, 7) is 6.97. The Morgan fingerprint density at radius 2 is 2.20 bits per heavy atom. The predicted molar refractivity (Wildman–Crippen MR) is 84.8 cm³/mol. The molecule has 0 saturated heterocycles. The summed E-state index contributed by atoms with van der Waals surface area (Å²) < 4.78 is 5.98. The Bertz CT molecular complexity index is 574. The average molecular weight is 288 g/mol. The summed E-state index contributed by atoms with van der Waals surface area (Å²) in [5.41, 5.74) is 2.48. The quantitative estimate of drug-likeness (QED) is 0.905. The highest BCUT2D eigenvalue weighted by Crippen LogP contribution is 2.28. The number of hydrogen-bond acceptors (Lipinski definition) is 4. The summed E-state index contributed by atoms with van der Waals surface area (Å²) >= 11 is 1.87. The first-order chi connectivity index (χ1) is 9.72. The zero-order valence-corrected chi connectivity index (χ0v) is 12.7. The van der Waals surface area contributed by atoms with E-state index in [0.717, 1.165) is 31.1 Å². The molecule has 0 radical (unpaired) electrons. The van der Waals surface area contributed by atoms with Crippen LogP contribution in [0.1, 0.15) is 15.3 Å². The number of thiophene rings is 1. The Labute approximate surface area is 124 Å². The van der Waals surface area contributed by atoms with Gasteiger partial charge in [0.25, 0.3) is 0 Å². The summed E-state index contributed by atoms with van der Waals surface area (Å²) in [6, 6.07) is 10.4. The zero-order chi connectivity index (χ0) is 13.9. The molecule has 2 heterocycles. The highest BCUT2D eigenvalue weighted by molar-refractivity contribution is 7.12. The van der Waals surface area contributed by atoms with Gasteiger partial charge in [-0.25, -0.2) is 0 Å². The molecule has 0 aliphatic carbocycles. The van der Waals surface area contributed by atoms with Gasteiger partial charge >= 0.3 is 0 Å². The molecule has 3 rings (SSSR count). The lowest BCUT2D eigenvalue weighted by molar-refractivity contribution is 0.202. The topological polar surface area (TPSA) is 33.3 Å².